The van der Waals surface area contributed by atoms with Crippen LogP contribution >= 0.6 is 42.1 Å². The second-order valence-electron chi connectivity index (χ2n) is 10.7. The van der Waals surface area contributed by atoms with Gasteiger partial charge in [-0.25, -0.2) is 0 Å². The Morgan fingerprint density at radius 2 is 1.38 bits per heavy atom. The summed E-state index contributed by atoms with van der Waals surface area (Å²) in [6.07, 6.45) is 5.09. The number of hydrogen-bond donors (Lipinski definition) is 1. The van der Waals surface area contributed by atoms with Crippen LogP contribution in [0.1, 0.15) is 45.7 Å². The van der Waals surface area contributed by atoms with E-state index in [0.29, 0.717) is 33.6 Å². The normalized spacial score (nSPS) is 28.6. The maximum atomic E-state index is 11.4. The molecule has 1 aliphatic carbocycles. The summed E-state index contributed by atoms with van der Waals surface area (Å²) in [5, 5.41) is 14.0. The quantitative estimate of drug-likeness (QED) is 0.288. The van der Waals surface area contributed by atoms with Crippen LogP contribution in [0.2, 0.25) is 18.6 Å². The number of allylic oxidation sites excluding steroid dienone is 4. The molecule has 0 amide bonds. The first-order chi connectivity index (χ1) is 14.3. The minimum absolute atomic E-state index is 0. The Hall–Kier alpha value is 0.711. The zero-order valence-corrected chi connectivity index (χ0v) is 26.4. The zero-order valence-electron chi connectivity index (χ0n) is 20.7. The molecule has 2 aliphatic heterocycles. The summed E-state index contributed by atoms with van der Waals surface area (Å²) in [6.45, 7) is 18.4. The Kier molecular flexibility index (Phi) is 9.74. The molecular formula is C25H37Cl2OS2SiTi-. The third kappa shape index (κ3) is 5.42. The Morgan fingerprint density at radius 3 is 1.78 bits per heavy atom. The van der Waals surface area contributed by atoms with Crippen molar-refractivity contribution in [3.63, 3.8) is 0 Å². The fourth-order valence-electron chi connectivity index (χ4n) is 5.71. The Morgan fingerprint density at radius 1 is 0.938 bits per heavy atom. The van der Waals surface area contributed by atoms with Crippen molar-refractivity contribution in [2.75, 3.05) is 0 Å². The standard InChI is InChI=1S/C24H34OS2Si.CH3.2ClH.Ti/c1-13-9-18(24(4,5)6)20(25)19(10-13)28(7,8)23-21-16(11-14(2)26-21)17-12-15(3)27-22(17)23;;;;/h9-12,16-17,21-23,25H,1-8H3;1H3;2*1H;/q;-1;;;+2/p-2. The topological polar surface area (TPSA) is 20.2 Å². The molecule has 1 nitrogen and oxygen atoms in total. The minimum atomic E-state index is -1.92. The second kappa shape index (κ2) is 10.8. The van der Waals surface area contributed by atoms with Gasteiger partial charge < -0.3 is 12.5 Å². The van der Waals surface area contributed by atoms with Gasteiger partial charge in [0.15, 0.2) is 0 Å². The van der Waals surface area contributed by atoms with Crippen LogP contribution in [-0.4, -0.2) is 23.7 Å². The third-order valence-electron chi connectivity index (χ3n) is 7.00. The van der Waals surface area contributed by atoms with Crippen LogP contribution in [0.3, 0.4) is 0 Å². The molecule has 1 aromatic carbocycles. The van der Waals surface area contributed by atoms with Crippen molar-refractivity contribution in [3.8, 4) is 5.75 Å². The molecule has 4 unspecified atom stereocenters. The van der Waals surface area contributed by atoms with Crippen molar-refractivity contribution in [2.45, 2.75) is 76.1 Å². The van der Waals surface area contributed by atoms with E-state index < -0.39 is 25.1 Å². The second-order valence-corrected chi connectivity index (χ2v) is 20.7. The van der Waals surface area contributed by atoms with Gasteiger partial charge in [-0.2, -0.15) is 0 Å². The van der Waals surface area contributed by atoms with Gasteiger partial charge in [0.2, 0.25) is 0 Å². The van der Waals surface area contributed by atoms with Gasteiger partial charge in [-0.05, 0) is 64.1 Å². The van der Waals surface area contributed by atoms with E-state index in [2.05, 4.69) is 102 Å². The number of phenols is 1. The fraction of sp³-hybridized carbons (Fsp3) is 0.560. The number of thioether (sulfide) groups is 2. The molecule has 1 aromatic rings. The molecule has 4 rings (SSSR count). The van der Waals surface area contributed by atoms with Crippen molar-refractivity contribution in [2.24, 2.45) is 11.8 Å². The number of halogens is 2. The number of benzene rings is 1. The van der Waals surface area contributed by atoms with Crippen molar-refractivity contribution < 1.29 is 22.1 Å². The molecular weight excluding hydrogens is 527 g/mol. The maximum absolute atomic E-state index is 11.4. The number of phenolic OH excluding ortho intramolecular Hbond substituents is 1. The Labute approximate surface area is 222 Å². The summed E-state index contributed by atoms with van der Waals surface area (Å²) in [4.78, 5) is 2.99. The molecule has 0 bridgehead atoms. The molecule has 1 N–H and O–H groups in total. The number of hydrogen-bond acceptors (Lipinski definition) is 3. The van der Waals surface area contributed by atoms with E-state index in [1.54, 1.807) is 0 Å². The number of aromatic hydroxyl groups is 1. The van der Waals surface area contributed by atoms with Gasteiger partial charge in [0.1, 0.15) is 5.75 Å². The summed E-state index contributed by atoms with van der Waals surface area (Å²) in [7, 11) is 7.86. The molecule has 1 fully saturated rings. The van der Waals surface area contributed by atoms with Crippen LogP contribution in [0, 0.1) is 26.2 Å². The third-order valence-corrected chi connectivity index (χ3v) is 14.4. The van der Waals surface area contributed by atoms with Crippen molar-refractivity contribution in [3.05, 3.63) is 52.6 Å². The van der Waals surface area contributed by atoms with Gasteiger partial charge in [-0.1, -0.05) is 63.7 Å². The van der Waals surface area contributed by atoms with Gasteiger partial charge in [-0.15, -0.1) is 23.5 Å². The van der Waals surface area contributed by atoms with E-state index >= 15 is 0 Å². The average molecular weight is 565 g/mol. The van der Waals surface area contributed by atoms with Gasteiger partial charge in [0.25, 0.3) is 0 Å². The summed E-state index contributed by atoms with van der Waals surface area (Å²) < 4.78 is 0. The molecule has 0 aromatic heterocycles. The molecule has 7 heteroatoms. The van der Waals surface area contributed by atoms with Crippen LogP contribution in [0.25, 0.3) is 0 Å². The number of rotatable bonds is 2. The first kappa shape index (κ1) is 28.9. The molecule has 1 saturated carbocycles. The SMILES string of the molecule is CC1=CC2C3C=C(C)SC3C([Si](C)(C)c3cc(C)cc(C(C)(C)C)c3O)C2S1.[CH3-].[Cl][Ti][Cl]. The average Bonchev–Trinajstić information content (AvgIpc) is 3.25. The van der Waals surface area contributed by atoms with Crippen molar-refractivity contribution in [1.82, 2.24) is 0 Å². The van der Waals surface area contributed by atoms with Gasteiger partial charge in [0.05, 0.1) is 8.07 Å². The zero-order chi connectivity index (χ0) is 23.3. The Bertz CT molecular complexity index is 878. The summed E-state index contributed by atoms with van der Waals surface area (Å²) >= 11 is 3.67. The molecule has 4 atom stereocenters. The van der Waals surface area contributed by atoms with Crippen LogP contribution < -0.4 is 5.19 Å². The number of fused-ring (bicyclic) bond motifs is 3. The van der Waals surface area contributed by atoms with E-state index in [0.717, 1.165) is 5.56 Å². The van der Waals surface area contributed by atoms with Gasteiger partial charge in [0, 0.05) is 10.5 Å². The van der Waals surface area contributed by atoms with E-state index in [1.165, 1.54) is 20.6 Å². The van der Waals surface area contributed by atoms with E-state index in [-0.39, 0.29) is 12.8 Å². The molecule has 0 radical (unpaired) electrons. The van der Waals surface area contributed by atoms with Crippen LogP contribution in [0.15, 0.2) is 34.1 Å². The fourth-order valence-corrected chi connectivity index (χ4v) is 14.8. The predicted molar refractivity (Wildman–Crippen MR) is 148 cm³/mol. The first-order valence-electron chi connectivity index (χ1n) is 10.8. The molecule has 178 valence electrons. The summed E-state index contributed by atoms with van der Waals surface area (Å²) in [5.41, 5.74) is 3.01. The van der Waals surface area contributed by atoms with Crippen LogP contribution in [-0.2, 0) is 22.4 Å². The van der Waals surface area contributed by atoms with E-state index in [9.17, 15) is 5.11 Å². The van der Waals surface area contributed by atoms with E-state index in [1.807, 2.05) is 0 Å². The number of aryl methyl sites for hydroxylation is 1. The van der Waals surface area contributed by atoms with Crippen LogP contribution in [0.5, 0.6) is 5.75 Å². The van der Waals surface area contributed by atoms with E-state index in [4.69, 9.17) is 18.6 Å². The molecule has 32 heavy (non-hydrogen) atoms. The van der Waals surface area contributed by atoms with Crippen molar-refractivity contribution >= 4 is 55.4 Å². The molecule has 0 spiro atoms. The first-order valence-corrected chi connectivity index (χ1v) is 20.0. The monoisotopic (exact) mass is 563 g/mol. The summed E-state index contributed by atoms with van der Waals surface area (Å²) in [5.74, 6) is 1.92. The summed E-state index contributed by atoms with van der Waals surface area (Å²) in [6, 6.07) is 4.49. The van der Waals surface area contributed by atoms with Gasteiger partial charge in [-0.3, -0.25) is 0 Å². The van der Waals surface area contributed by atoms with Gasteiger partial charge >= 0.3 is 35.6 Å². The van der Waals surface area contributed by atoms with Crippen LogP contribution in [0.4, 0.5) is 0 Å². The van der Waals surface area contributed by atoms with Crippen molar-refractivity contribution in [1.29, 1.82) is 0 Å². The Balaban J connectivity index is 0.000000860. The molecule has 3 aliphatic rings. The predicted octanol–water partition coefficient (Wildman–Crippen LogP) is 8.39. The molecule has 0 saturated heterocycles. The molecule has 2 heterocycles.